The van der Waals surface area contributed by atoms with Crippen molar-refractivity contribution in [3.8, 4) is 11.1 Å². The zero-order valence-corrected chi connectivity index (χ0v) is 16.3. The molecule has 4 aromatic rings. The van der Waals surface area contributed by atoms with E-state index in [1.807, 2.05) is 0 Å². The lowest BCUT2D eigenvalue weighted by atomic mass is 9.81. The third kappa shape index (κ3) is 2.39. The largest absolute Gasteiger partial charge is 0.129 e. The molecular formula is C29H20+2. The van der Waals surface area contributed by atoms with Crippen molar-refractivity contribution in [2.45, 2.75) is 6.92 Å². The fraction of sp³-hybridized carbons (Fsp3) is 0.0345. The molecule has 0 fully saturated rings. The molecule has 0 saturated heterocycles. The summed E-state index contributed by atoms with van der Waals surface area (Å²) in [5, 5.41) is 0. The van der Waals surface area contributed by atoms with Crippen molar-refractivity contribution in [1.29, 1.82) is 0 Å². The van der Waals surface area contributed by atoms with Crippen LogP contribution in [-0.4, -0.2) is 0 Å². The normalized spacial score (nSPS) is 13.8. The molecular weight excluding hydrogens is 348 g/mol. The van der Waals surface area contributed by atoms with Gasteiger partial charge in [0.2, 0.25) is 0 Å². The van der Waals surface area contributed by atoms with E-state index in [1.54, 1.807) is 0 Å². The maximum Gasteiger partial charge on any atom is 0.129 e. The van der Waals surface area contributed by atoms with Gasteiger partial charge in [0.15, 0.2) is 0 Å². The fourth-order valence-electron chi connectivity index (χ4n) is 4.74. The Morgan fingerprint density at radius 3 is 1.66 bits per heavy atom. The number of hydrogen-bond donors (Lipinski definition) is 0. The van der Waals surface area contributed by atoms with Crippen molar-refractivity contribution >= 4 is 5.57 Å². The van der Waals surface area contributed by atoms with Crippen molar-refractivity contribution < 1.29 is 0 Å². The van der Waals surface area contributed by atoms with Gasteiger partial charge in [-0.15, -0.1) is 0 Å². The number of fused-ring (bicyclic) bond motifs is 4. The van der Waals surface area contributed by atoms with Gasteiger partial charge in [0.25, 0.3) is 0 Å². The summed E-state index contributed by atoms with van der Waals surface area (Å²) >= 11 is 0. The Labute approximate surface area is 172 Å². The van der Waals surface area contributed by atoms with Crippen LogP contribution in [0.3, 0.4) is 0 Å². The third-order valence-electron chi connectivity index (χ3n) is 6.11. The highest BCUT2D eigenvalue weighted by Crippen LogP contribution is 2.54. The number of rotatable bonds is 2. The first kappa shape index (κ1) is 16.3. The maximum atomic E-state index is 2.39. The van der Waals surface area contributed by atoms with E-state index in [2.05, 4.69) is 110 Å². The first-order valence-corrected chi connectivity index (χ1v) is 10.1. The Morgan fingerprint density at radius 1 is 0.517 bits per heavy atom. The predicted molar refractivity (Wildman–Crippen MR) is 120 cm³/mol. The second-order valence-corrected chi connectivity index (χ2v) is 7.85. The fourth-order valence-corrected chi connectivity index (χ4v) is 4.74. The molecule has 0 amide bonds. The average Bonchev–Trinajstić information content (AvgIpc) is 3.30. The van der Waals surface area contributed by atoms with Crippen LogP contribution in [-0.2, 0) is 0 Å². The molecule has 2 aliphatic rings. The molecule has 4 aromatic carbocycles. The smallest absolute Gasteiger partial charge is 0.0578 e. The van der Waals surface area contributed by atoms with Gasteiger partial charge >= 0.3 is 0 Å². The summed E-state index contributed by atoms with van der Waals surface area (Å²) in [6.07, 6.45) is 2.39. The first-order chi connectivity index (χ1) is 14.3. The quantitative estimate of drug-likeness (QED) is 0.334. The summed E-state index contributed by atoms with van der Waals surface area (Å²) in [4.78, 5) is 0. The molecule has 29 heavy (non-hydrogen) atoms. The van der Waals surface area contributed by atoms with E-state index in [0.717, 1.165) is 0 Å². The highest BCUT2D eigenvalue weighted by atomic mass is 14.4. The van der Waals surface area contributed by atoms with Gasteiger partial charge in [0.1, 0.15) is 39.7 Å². The van der Waals surface area contributed by atoms with Gasteiger partial charge in [0, 0.05) is 23.8 Å². The van der Waals surface area contributed by atoms with Crippen molar-refractivity contribution in [2.75, 3.05) is 0 Å². The lowest BCUT2D eigenvalue weighted by Gasteiger charge is -2.10. The number of allylic oxidation sites excluding steroid dienone is 1. The molecule has 2 aliphatic carbocycles. The van der Waals surface area contributed by atoms with Crippen molar-refractivity contribution in [1.82, 2.24) is 0 Å². The minimum absolute atomic E-state index is 1.28. The molecule has 0 heterocycles. The molecule has 0 unspecified atom stereocenters. The third-order valence-corrected chi connectivity index (χ3v) is 6.11. The van der Waals surface area contributed by atoms with E-state index in [4.69, 9.17) is 0 Å². The van der Waals surface area contributed by atoms with E-state index < -0.39 is 0 Å². The van der Waals surface area contributed by atoms with Gasteiger partial charge in [-0.1, -0.05) is 17.7 Å². The topological polar surface area (TPSA) is 0 Å². The van der Waals surface area contributed by atoms with E-state index in [9.17, 15) is 0 Å². The molecule has 0 radical (unpaired) electrons. The standard InChI is InChI=1S/C29H20/c1-19-14-16-20(17-15-19)27-18-28(24-11-3-2-10-23(24)27)29-25-12-6-4-8-21(25)22-9-5-7-13-26(22)29/h2-18H,1H3/q+2. The number of aryl methyl sites for hydroxylation is 1. The van der Waals surface area contributed by atoms with E-state index in [1.165, 1.54) is 61.9 Å². The van der Waals surface area contributed by atoms with Gasteiger partial charge in [-0.2, -0.15) is 0 Å². The summed E-state index contributed by atoms with van der Waals surface area (Å²) in [6, 6.07) is 35.3. The number of benzene rings is 4. The zero-order chi connectivity index (χ0) is 19.4. The molecule has 0 aliphatic heterocycles. The molecule has 0 N–H and O–H groups in total. The monoisotopic (exact) mass is 368 g/mol. The second-order valence-electron chi connectivity index (χ2n) is 7.85. The Hall–Kier alpha value is -3.64. The van der Waals surface area contributed by atoms with Crippen LogP contribution in [0, 0.1) is 18.8 Å². The molecule has 0 atom stereocenters. The average molecular weight is 368 g/mol. The summed E-state index contributed by atoms with van der Waals surface area (Å²) < 4.78 is 0. The molecule has 134 valence electrons. The maximum absolute atomic E-state index is 2.39. The minimum atomic E-state index is 1.28. The number of hydrogen-bond acceptors (Lipinski definition) is 0. The summed E-state index contributed by atoms with van der Waals surface area (Å²) in [5.74, 6) is 2.68. The van der Waals surface area contributed by atoms with Gasteiger partial charge in [-0.3, -0.25) is 0 Å². The van der Waals surface area contributed by atoms with E-state index in [-0.39, 0.29) is 0 Å². The van der Waals surface area contributed by atoms with Gasteiger partial charge in [0.05, 0.1) is 17.2 Å². The molecule has 6 rings (SSSR count). The molecule has 0 heteroatoms. The van der Waals surface area contributed by atoms with Gasteiger partial charge < -0.3 is 0 Å². The Kier molecular flexibility index (Phi) is 3.48. The van der Waals surface area contributed by atoms with Crippen molar-refractivity contribution in [3.63, 3.8) is 0 Å². The second kappa shape index (κ2) is 6.18. The van der Waals surface area contributed by atoms with Crippen LogP contribution >= 0.6 is 0 Å². The molecule has 0 spiro atoms. The van der Waals surface area contributed by atoms with Crippen LogP contribution < -0.4 is 0 Å². The van der Waals surface area contributed by atoms with E-state index >= 15 is 0 Å². The van der Waals surface area contributed by atoms with Crippen molar-refractivity contribution in [3.05, 3.63) is 148 Å². The minimum Gasteiger partial charge on any atom is -0.0578 e. The highest BCUT2D eigenvalue weighted by molar-refractivity contribution is 5.95. The Morgan fingerprint density at radius 2 is 1.03 bits per heavy atom. The lowest BCUT2D eigenvalue weighted by molar-refractivity contribution is 1.16. The Balaban J connectivity index is 1.57. The lowest BCUT2D eigenvalue weighted by Crippen LogP contribution is -2.09. The van der Waals surface area contributed by atoms with Crippen molar-refractivity contribution in [2.24, 2.45) is 0 Å². The predicted octanol–water partition coefficient (Wildman–Crippen LogP) is 7.01. The van der Waals surface area contributed by atoms with Gasteiger partial charge in [-0.05, 0) is 73.7 Å². The molecule has 0 aromatic heterocycles. The van der Waals surface area contributed by atoms with E-state index in [0.29, 0.717) is 0 Å². The zero-order valence-electron chi connectivity index (χ0n) is 16.3. The van der Waals surface area contributed by atoms with Crippen LogP contribution in [0.15, 0.2) is 103 Å². The van der Waals surface area contributed by atoms with Gasteiger partial charge in [-0.25, -0.2) is 0 Å². The van der Waals surface area contributed by atoms with Crippen LogP contribution in [0.2, 0.25) is 0 Å². The molecule has 0 nitrogen and oxygen atoms in total. The van der Waals surface area contributed by atoms with Crippen LogP contribution in [0.5, 0.6) is 0 Å². The molecule has 0 bridgehead atoms. The van der Waals surface area contributed by atoms with Crippen LogP contribution in [0.1, 0.15) is 33.4 Å². The summed E-state index contributed by atoms with van der Waals surface area (Å²) in [7, 11) is 0. The first-order valence-electron chi connectivity index (χ1n) is 10.1. The Bertz CT molecular complexity index is 1210. The summed E-state index contributed by atoms with van der Waals surface area (Å²) in [5.41, 5.74) is 11.9. The molecule has 0 saturated carbocycles. The highest BCUT2D eigenvalue weighted by Gasteiger charge is 2.48. The van der Waals surface area contributed by atoms with Crippen LogP contribution in [0.4, 0.5) is 0 Å². The van der Waals surface area contributed by atoms with Crippen LogP contribution in [0.25, 0.3) is 16.7 Å². The SMILES string of the molecule is Cc1ccc(C2=C[C+]([C+]3c4ccccc4-c4ccccc43)c3ccccc32)cc1. The summed E-state index contributed by atoms with van der Waals surface area (Å²) in [6.45, 7) is 2.14.